The molecular weight excluding hydrogens is 219 g/mol. The highest BCUT2D eigenvalue weighted by Gasteiger charge is 2.44. The van der Waals surface area contributed by atoms with Gasteiger partial charge in [0.15, 0.2) is 0 Å². The van der Waals surface area contributed by atoms with Crippen LogP contribution < -0.4 is 0 Å². The molecule has 1 atom stereocenters. The van der Waals surface area contributed by atoms with E-state index in [-0.39, 0.29) is 12.6 Å². The Kier molecular flexibility index (Phi) is 4.62. The van der Waals surface area contributed by atoms with Gasteiger partial charge >= 0.3 is 12.1 Å². The topological polar surface area (TPSA) is 20.3 Å². The van der Waals surface area contributed by atoms with Crippen LogP contribution in [0.1, 0.15) is 45.4 Å². The molecule has 0 saturated carbocycles. The summed E-state index contributed by atoms with van der Waals surface area (Å²) in [5.41, 5.74) is 0. The van der Waals surface area contributed by atoms with Crippen LogP contribution in [-0.4, -0.2) is 29.6 Å². The maximum absolute atomic E-state index is 12.3. The summed E-state index contributed by atoms with van der Waals surface area (Å²) in [6.45, 7) is 2.26. The Labute approximate surface area is 93.8 Å². The lowest BCUT2D eigenvalue weighted by molar-refractivity contribution is -0.189. The number of carbonyl (C=O) groups excluding carboxylic acids is 1. The van der Waals surface area contributed by atoms with Gasteiger partial charge in [-0.1, -0.05) is 19.8 Å². The minimum atomic E-state index is -4.72. The molecule has 0 aromatic heterocycles. The highest BCUT2D eigenvalue weighted by molar-refractivity contribution is 5.82. The Balaban J connectivity index is 2.63. The summed E-state index contributed by atoms with van der Waals surface area (Å²) >= 11 is 0. The maximum atomic E-state index is 12.3. The quantitative estimate of drug-likeness (QED) is 0.738. The molecule has 1 aliphatic heterocycles. The van der Waals surface area contributed by atoms with Gasteiger partial charge in [0, 0.05) is 12.6 Å². The molecule has 1 heterocycles. The Morgan fingerprint density at radius 2 is 2.06 bits per heavy atom. The SMILES string of the molecule is CCCCC1CCCCN1C(=O)C(F)(F)F. The molecule has 0 N–H and O–H groups in total. The minimum Gasteiger partial charge on any atom is -0.332 e. The average molecular weight is 237 g/mol. The fourth-order valence-corrected chi connectivity index (χ4v) is 2.17. The normalized spacial score (nSPS) is 22.2. The van der Waals surface area contributed by atoms with Crippen LogP contribution in [0.15, 0.2) is 0 Å². The predicted molar refractivity (Wildman–Crippen MR) is 54.9 cm³/mol. The zero-order chi connectivity index (χ0) is 12.2. The van der Waals surface area contributed by atoms with E-state index in [0.717, 1.165) is 24.2 Å². The standard InChI is InChI=1S/C11H18F3NO/c1-2-3-6-9-7-4-5-8-15(9)10(16)11(12,13)14/h9H,2-8H2,1H3. The molecule has 1 saturated heterocycles. The van der Waals surface area contributed by atoms with E-state index in [1.165, 1.54) is 0 Å². The first-order chi connectivity index (χ1) is 7.46. The van der Waals surface area contributed by atoms with E-state index in [0.29, 0.717) is 19.3 Å². The van der Waals surface area contributed by atoms with E-state index < -0.39 is 12.1 Å². The fraction of sp³-hybridized carbons (Fsp3) is 0.909. The molecule has 0 aromatic rings. The van der Waals surface area contributed by atoms with Crippen molar-refractivity contribution in [3.05, 3.63) is 0 Å². The van der Waals surface area contributed by atoms with Gasteiger partial charge in [-0.05, 0) is 25.7 Å². The van der Waals surface area contributed by atoms with Gasteiger partial charge in [0.05, 0.1) is 0 Å². The van der Waals surface area contributed by atoms with Crippen LogP contribution in [0, 0.1) is 0 Å². The van der Waals surface area contributed by atoms with Crippen molar-refractivity contribution in [1.82, 2.24) is 4.90 Å². The molecule has 1 fully saturated rings. The number of hydrogen-bond donors (Lipinski definition) is 0. The van der Waals surface area contributed by atoms with Crippen LogP contribution in [0.25, 0.3) is 0 Å². The number of carbonyl (C=O) groups is 1. The van der Waals surface area contributed by atoms with Gasteiger partial charge in [-0.2, -0.15) is 13.2 Å². The van der Waals surface area contributed by atoms with E-state index in [1.54, 1.807) is 0 Å². The van der Waals surface area contributed by atoms with Crippen molar-refractivity contribution >= 4 is 5.91 Å². The molecule has 1 amide bonds. The summed E-state index contributed by atoms with van der Waals surface area (Å²) < 4.78 is 37.0. The van der Waals surface area contributed by atoms with Crippen LogP contribution in [0.3, 0.4) is 0 Å². The van der Waals surface area contributed by atoms with Crippen molar-refractivity contribution in [2.75, 3.05) is 6.54 Å². The largest absolute Gasteiger partial charge is 0.471 e. The number of likely N-dealkylation sites (tertiary alicyclic amines) is 1. The first-order valence-electron chi connectivity index (χ1n) is 5.84. The molecule has 0 bridgehead atoms. The van der Waals surface area contributed by atoms with Crippen molar-refractivity contribution in [2.45, 2.75) is 57.7 Å². The van der Waals surface area contributed by atoms with E-state index in [2.05, 4.69) is 0 Å². The monoisotopic (exact) mass is 237 g/mol. The van der Waals surface area contributed by atoms with Crippen molar-refractivity contribution in [2.24, 2.45) is 0 Å². The molecule has 0 aromatic carbocycles. The highest BCUT2D eigenvalue weighted by atomic mass is 19.4. The average Bonchev–Trinajstić information content (AvgIpc) is 2.24. The second-order valence-corrected chi connectivity index (χ2v) is 4.29. The molecule has 94 valence electrons. The zero-order valence-corrected chi connectivity index (χ0v) is 9.52. The number of hydrogen-bond acceptors (Lipinski definition) is 1. The Bertz CT molecular complexity index is 240. The van der Waals surface area contributed by atoms with E-state index >= 15 is 0 Å². The van der Waals surface area contributed by atoms with Gasteiger partial charge in [0.2, 0.25) is 0 Å². The molecule has 0 spiro atoms. The fourth-order valence-electron chi connectivity index (χ4n) is 2.17. The van der Waals surface area contributed by atoms with Crippen LogP contribution in [-0.2, 0) is 4.79 Å². The lowest BCUT2D eigenvalue weighted by Crippen LogP contribution is -2.49. The molecule has 2 nitrogen and oxygen atoms in total. The lowest BCUT2D eigenvalue weighted by atomic mass is 9.97. The predicted octanol–water partition coefficient (Wildman–Crippen LogP) is 3.12. The molecular formula is C11H18F3NO. The number of piperidine rings is 1. The minimum absolute atomic E-state index is 0.206. The first-order valence-corrected chi connectivity index (χ1v) is 5.84. The molecule has 1 unspecified atom stereocenters. The summed E-state index contributed by atoms with van der Waals surface area (Å²) in [5, 5.41) is 0. The highest BCUT2D eigenvalue weighted by Crippen LogP contribution is 2.27. The molecule has 1 rings (SSSR count). The molecule has 1 aliphatic rings. The van der Waals surface area contributed by atoms with E-state index in [1.807, 2.05) is 6.92 Å². The van der Waals surface area contributed by atoms with E-state index in [9.17, 15) is 18.0 Å². The molecule has 0 aliphatic carbocycles. The summed E-state index contributed by atoms with van der Waals surface area (Å²) in [5.74, 6) is -1.66. The van der Waals surface area contributed by atoms with Crippen molar-refractivity contribution in [1.29, 1.82) is 0 Å². The van der Waals surface area contributed by atoms with Crippen LogP contribution in [0.2, 0.25) is 0 Å². The summed E-state index contributed by atoms with van der Waals surface area (Å²) in [6.07, 6.45) is 0.124. The Morgan fingerprint density at radius 3 is 2.62 bits per heavy atom. The number of nitrogens with zero attached hydrogens (tertiary/aromatic N) is 1. The number of unbranched alkanes of at least 4 members (excludes halogenated alkanes) is 1. The van der Waals surface area contributed by atoms with Gasteiger partial charge < -0.3 is 4.90 Å². The van der Waals surface area contributed by atoms with Gasteiger partial charge in [-0.25, -0.2) is 0 Å². The van der Waals surface area contributed by atoms with Gasteiger partial charge in [0.25, 0.3) is 0 Å². The van der Waals surface area contributed by atoms with Crippen molar-refractivity contribution < 1.29 is 18.0 Å². The molecule has 0 radical (unpaired) electrons. The van der Waals surface area contributed by atoms with Crippen molar-refractivity contribution in [3.8, 4) is 0 Å². The number of halogens is 3. The molecule has 16 heavy (non-hydrogen) atoms. The second kappa shape index (κ2) is 5.55. The van der Waals surface area contributed by atoms with Gasteiger partial charge in [0.1, 0.15) is 0 Å². The smallest absolute Gasteiger partial charge is 0.332 e. The number of alkyl halides is 3. The Morgan fingerprint density at radius 1 is 1.38 bits per heavy atom. The van der Waals surface area contributed by atoms with Crippen LogP contribution in [0.4, 0.5) is 13.2 Å². The van der Waals surface area contributed by atoms with Gasteiger partial charge in [-0.15, -0.1) is 0 Å². The third kappa shape index (κ3) is 3.39. The summed E-state index contributed by atoms with van der Waals surface area (Å²) in [4.78, 5) is 12.2. The third-order valence-electron chi connectivity index (χ3n) is 3.02. The second-order valence-electron chi connectivity index (χ2n) is 4.29. The van der Waals surface area contributed by atoms with Gasteiger partial charge in [-0.3, -0.25) is 4.79 Å². The summed E-state index contributed by atoms with van der Waals surface area (Å²) in [7, 11) is 0. The zero-order valence-electron chi connectivity index (χ0n) is 9.52. The lowest BCUT2D eigenvalue weighted by Gasteiger charge is -2.36. The van der Waals surface area contributed by atoms with Crippen LogP contribution in [0.5, 0.6) is 0 Å². The summed E-state index contributed by atoms with van der Waals surface area (Å²) in [6, 6.07) is -0.206. The first kappa shape index (κ1) is 13.3. The third-order valence-corrected chi connectivity index (χ3v) is 3.02. The van der Waals surface area contributed by atoms with E-state index in [4.69, 9.17) is 0 Å². The maximum Gasteiger partial charge on any atom is 0.471 e. The van der Waals surface area contributed by atoms with Crippen LogP contribution >= 0.6 is 0 Å². The number of rotatable bonds is 3. The van der Waals surface area contributed by atoms with Crippen molar-refractivity contribution in [3.63, 3.8) is 0 Å². The Hall–Kier alpha value is -0.740. The molecule has 5 heteroatoms. The number of amides is 1.